The minimum atomic E-state index is -1.16. The predicted molar refractivity (Wildman–Crippen MR) is 97.1 cm³/mol. The number of carboxylic acid groups (broad SMARTS) is 1. The van der Waals surface area contributed by atoms with Gasteiger partial charge in [-0.3, -0.25) is 0 Å². The van der Waals surface area contributed by atoms with Crippen molar-refractivity contribution in [3.63, 3.8) is 0 Å². The van der Waals surface area contributed by atoms with Crippen LogP contribution in [0, 0.1) is 5.92 Å². The summed E-state index contributed by atoms with van der Waals surface area (Å²) >= 11 is 0. The summed E-state index contributed by atoms with van der Waals surface area (Å²) in [5, 5.41) is 11.9. The number of rotatable bonds is 5. The van der Waals surface area contributed by atoms with Crippen molar-refractivity contribution < 1.29 is 29.0 Å². The number of alkyl carbamates (subject to hydrolysis) is 1. The Morgan fingerprint density at radius 1 is 1.26 bits per heavy atom. The van der Waals surface area contributed by atoms with E-state index in [1.165, 1.54) is 4.90 Å². The van der Waals surface area contributed by atoms with Gasteiger partial charge in [-0.2, -0.15) is 0 Å². The molecule has 2 rings (SSSR count). The lowest BCUT2D eigenvalue weighted by atomic mass is 9.99. The average Bonchev–Trinajstić information content (AvgIpc) is 3.07. The highest BCUT2D eigenvalue weighted by molar-refractivity contribution is 5.80. The molecule has 1 aliphatic heterocycles. The number of benzene rings is 1. The van der Waals surface area contributed by atoms with E-state index in [4.69, 9.17) is 9.47 Å². The Balaban J connectivity index is 1.88. The molecule has 0 unspecified atom stereocenters. The fourth-order valence-corrected chi connectivity index (χ4v) is 2.82. The van der Waals surface area contributed by atoms with Gasteiger partial charge in [0, 0.05) is 19.0 Å². The first-order valence-electron chi connectivity index (χ1n) is 8.83. The number of nitrogens with one attached hydrogen (secondary N) is 1. The van der Waals surface area contributed by atoms with Crippen LogP contribution in [-0.2, 0) is 20.9 Å². The lowest BCUT2D eigenvalue weighted by Crippen LogP contribution is -2.47. The molecule has 1 aliphatic rings. The zero-order chi connectivity index (χ0) is 20.0. The van der Waals surface area contributed by atoms with Crippen LogP contribution in [0.2, 0.25) is 0 Å². The number of carbonyl (C=O) groups is 3. The zero-order valence-corrected chi connectivity index (χ0v) is 15.8. The molecule has 1 aromatic carbocycles. The molecule has 0 saturated carbocycles. The number of carboxylic acids is 1. The number of hydrogen-bond donors (Lipinski definition) is 2. The van der Waals surface area contributed by atoms with Crippen molar-refractivity contribution >= 4 is 18.2 Å². The van der Waals surface area contributed by atoms with Crippen molar-refractivity contribution in [3.05, 3.63) is 35.9 Å². The Hall–Kier alpha value is -2.77. The first-order valence-corrected chi connectivity index (χ1v) is 8.83. The largest absolute Gasteiger partial charge is 0.480 e. The maximum atomic E-state index is 12.1. The van der Waals surface area contributed by atoms with Gasteiger partial charge >= 0.3 is 18.2 Å². The van der Waals surface area contributed by atoms with Gasteiger partial charge in [-0.1, -0.05) is 30.3 Å². The number of likely N-dealkylation sites (tertiary alicyclic amines) is 1. The Morgan fingerprint density at radius 2 is 1.93 bits per heavy atom. The molecule has 148 valence electrons. The summed E-state index contributed by atoms with van der Waals surface area (Å²) in [6.07, 6.45) is -0.836. The van der Waals surface area contributed by atoms with Gasteiger partial charge in [0.15, 0.2) is 0 Å². The first-order chi connectivity index (χ1) is 12.7. The minimum absolute atomic E-state index is 0.0493. The standard InChI is InChI=1S/C19H26N2O6/c1-19(2,3)27-18(25)21-10-9-14(11-21)15(16(22)23)20-17(24)26-12-13-7-5-4-6-8-13/h4-8,14-15H,9-12H2,1-3H3,(H,20,24)(H,22,23)/t14-,15-/m0/s1. The van der Waals surface area contributed by atoms with Crippen molar-refractivity contribution in [2.45, 2.75) is 45.4 Å². The summed E-state index contributed by atoms with van der Waals surface area (Å²) in [6, 6.07) is 7.96. The zero-order valence-electron chi connectivity index (χ0n) is 15.8. The lowest BCUT2D eigenvalue weighted by Gasteiger charge is -2.25. The summed E-state index contributed by atoms with van der Waals surface area (Å²) < 4.78 is 10.4. The van der Waals surface area contributed by atoms with Gasteiger partial charge in [0.05, 0.1) is 0 Å². The monoisotopic (exact) mass is 378 g/mol. The summed E-state index contributed by atoms with van der Waals surface area (Å²) in [5.41, 5.74) is 0.178. The Labute approximate surface area is 158 Å². The second-order valence-electron chi connectivity index (χ2n) is 7.50. The average molecular weight is 378 g/mol. The molecule has 0 bridgehead atoms. The molecular weight excluding hydrogens is 352 g/mol. The third-order valence-corrected chi connectivity index (χ3v) is 4.10. The minimum Gasteiger partial charge on any atom is -0.480 e. The van der Waals surface area contributed by atoms with E-state index in [2.05, 4.69) is 5.32 Å². The normalized spacial score (nSPS) is 17.9. The Kier molecular flexibility index (Phi) is 6.65. The van der Waals surface area contributed by atoms with E-state index in [1.807, 2.05) is 18.2 Å². The molecule has 1 aromatic rings. The summed E-state index contributed by atoms with van der Waals surface area (Å²) in [5.74, 6) is -1.58. The van der Waals surface area contributed by atoms with Crippen LogP contribution in [0.15, 0.2) is 30.3 Å². The molecule has 2 N–H and O–H groups in total. The van der Waals surface area contributed by atoms with Gasteiger partial charge < -0.3 is 24.8 Å². The van der Waals surface area contributed by atoms with E-state index in [0.717, 1.165) is 5.56 Å². The molecule has 27 heavy (non-hydrogen) atoms. The van der Waals surface area contributed by atoms with Crippen molar-refractivity contribution in [2.24, 2.45) is 5.92 Å². The lowest BCUT2D eigenvalue weighted by molar-refractivity contribution is -0.140. The molecule has 1 fully saturated rings. The molecule has 2 amide bonds. The van der Waals surface area contributed by atoms with Crippen molar-refractivity contribution in [1.82, 2.24) is 10.2 Å². The van der Waals surface area contributed by atoms with Crippen molar-refractivity contribution in [1.29, 1.82) is 0 Å². The molecule has 0 aromatic heterocycles. The second kappa shape index (κ2) is 8.75. The number of hydrogen-bond acceptors (Lipinski definition) is 5. The van der Waals surface area contributed by atoms with Crippen LogP contribution in [0.25, 0.3) is 0 Å². The fourth-order valence-electron chi connectivity index (χ4n) is 2.82. The number of aliphatic carboxylic acids is 1. The van der Waals surface area contributed by atoms with Crippen molar-refractivity contribution in [2.75, 3.05) is 13.1 Å². The molecular formula is C19H26N2O6. The van der Waals surface area contributed by atoms with E-state index in [0.29, 0.717) is 13.0 Å². The number of carbonyl (C=O) groups excluding carboxylic acids is 2. The first kappa shape index (κ1) is 20.5. The van der Waals surface area contributed by atoms with Crippen LogP contribution in [0.1, 0.15) is 32.8 Å². The topological polar surface area (TPSA) is 105 Å². The van der Waals surface area contributed by atoms with E-state index in [1.54, 1.807) is 32.9 Å². The van der Waals surface area contributed by atoms with Crippen LogP contribution in [0.4, 0.5) is 9.59 Å². The van der Waals surface area contributed by atoms with Crippen LogP contribution in [0.3, 0.4) is 0 Å². The Morgan fingerprint density at radius 3 is 2.52 bits per heavy atom. The van der Waals surface area contributed by atoms with E-state index < -0.39 is 35.7 Å². The summed E-state index contributed by atoms with van der Waals surface area (Å²) in [6.45, 7) is 5.93. The molecule has 8 nitrogen and oxygen atoms in total. The SMILES string of the molecule is CC(C)(C)OC(=O)N1CC[C@H]([C@H](NC(=O)OCc2ccccc2)C(=O)O)C1. The molecule has 1 heterocycles. The molecule has 2 atom stereocenters. The van der Waals surface area contributed by atoms with Crippen LogP contribution in [0.5, 0.6) is 0 Å². The van der Waals surface area contributed by atoms with Gasteiger partial charge in [-0.25, -0.2) is 14.4 Å². The summed E-state index contributed by atoms with van der Waals surface area (Å²) in [4.78, 5) is 37.2. The molecule has 8 heteroatoms. The molecule has 0 aliphatic carbocycles. The maximum Gasteiger partial charge on any atom is 0.410 e. The quantitative estimate of drug-likeness (QED) is 0.816. The number of ether oxygens (including phenoxy) is 2. The van der Waals surface area contributed by atoms with Crippen LogP contribution >= 0.6 is 0 Å². The third kappa shape index (κ3) is 6.47. The second-order valence-corrected chi connectivity index (χ2v) is 7.50. The van der Waals surface area contributed by atoms with Gasteiger partial charge in [-0.05, 0) is 32.8 Å². The molecule has 1 saturated heterocycles. The Bertz CT molecular complexity index is 671. The van der Waals surface area contributed by atoms with E-state index in [-0.39, 0.29) is 13.2 Å². The summed E-state index contributed by atoms with van der Waals surface area (Å²) in [7, 11) is 0. The van der Waals surface area contributed by atoms with E-state index in [9.17, 15) is 19.5 Å². The highest BCUT2D eigenvalue weighted by atomic mass is 16.6. The predicted octanol–water partition coefficient (Wildman–Crippen LogP) is 2.62. The molecule has 0 radical (unpaired) electrons. The van der Waals surface area contributed by atoms with E-state index >= 15 is 0 Å². The highest BCUT2D eigenvalue weighted by Gasteiger charge is 2.38. The van der Waals surface area contributed by atoms with Crippen molar-refractivity contribution in [3.8, 4) is 0 Å². The van der Waals surface area contributed by atoms with Gasteiger partial charge in [-0.15, -0.1) is 0 Å². The van der Waals surface area contributed by atoms with Gasteiger partial charge in [0.2, 0.25) is 0 Å². The van der Waals surface area contributed by atoms with Gasteiger partial charge in [0.25, 0.3) is 0 Å². The fraction of sp³-hybridized carbons (Fsp3) is 0.526. The number of amides is 2. The third-order valence-electron chi connectivity index (χ3n) is 4.10. The van der Waals surface area contributed by atoms with Crippen LogP contribution < -0.4 is 5.32 Å². The van der Waals surface area contributed by atoms with Gasteiger partial charge in [0.1, 0.15) is 18.2 Å². The maximum absolute atomic E-state index is 12.1. The number of nitrogens with zero attached hydrogens (tertiary/aromatic N) is 1. The molecule has 0 spiro atoms. The smallest absolute Gasteiger partial charge is 0.410 e. The van der Waals surface area contributed by atoms with Crippen LogP contribution in [-0.4, -0.2) is 52.9 Å². The highest BCUT2D eigenvalue weighted by Crippen LogP contribution is 2.22.